The number of hydrogen-bond donors (Lipinski definition) is 1. The standard InChI is InChI=1S/C22H24FN6OP/c1-14(2)19-24-10-16(11-25-19)21(30)28-18-17(15-6-4-3-5-7-15)26-13-27-20(18)29-9-8-22(23,31)12-29/h3-7,10-11,13-14H,8-9,12,31H2,1-2H3,(H,28,30). The number of anilines is 2. The Morgan fingerprint density at radius 3 is 2.48 bits per heavy atom. The topological polar surface area (TPSA) is 83.9 Å². The van der Waals surface area contributed by atoms with Crippen LogP contribution in [-0.2, 0) is 0 Å². The quantitative estimate of drug-likeness (QED) is 0.605. The number of halogens is 1. The molecule has 0 saturated carbocycles. The van der Waals surface area contributed by atoms with Crippen LogP contribution in [0.2, 0.25) is 0 Å². The van der Waals surface area contributed by atoms with E-state index in [2.05, 4.69) is 34.5 Å². The maximum absolute atomic E-state index is 14.5. The third-order valence-corrected chi connectivity index (χ3v) is 5.59. The summed E-state index contributed by atoms with van der Waals surface area (Å²) in [5.74, 6) is 0.949. The van der Waals surface area contributed by atoms with Gasteiger partial charge in [0.05, 0.1) is 17.8 Å². The highest BCUT2D eigenvalue weighted by Crippen LogP contribution is 2.39. The van der Waals surface area contributed by atoms with E-state index in [0.717, 1.165) is 5.56 Å². The highest BCUT2D eigenvalue weighted by Gasteiger charge is 2.36. The van der Waals surface area contributed by atoms with E-state index in [1.165, 1.54) is 18.7 Å². The molecule has 1 amide bonds. The molecule has 1 saturated heterocycles. The fraction of sp³-hybridized carbons (Fsp3) is 0.318. The lowest BCUT2D eigenvalue weighted by Gasteiger charge is -2.23. The Balaban J connectivity index is 1.72. The number of carbonyl (C=O) groups is 1. The third-order valence-electron chi connectivity index (χ3n) is 5.11. The first-order valence-electron chi connectivity index (χ1n) is 10.1. The molecule has 2 atom stereocenters. The lowest BCUT2D eigenvalue weighted by molar-refractivity contribution is 0.102. The van der Waals surface area contributed by atoms with Crippen LogP contribution in [-0.4, -0.2) is 44.3 Å². The Morgan fingerprint density at radius 2 is 1.87 bits per heavy atom. The van der Waals surface area contributed by atoms with Gasteiger partial charge in [0.1, 0.15) is 23.2 Å². The van der Waals surface area contributed by atoms with Crippen LogP contribution < -0.4 is 10.2 Å². The Labute approximate surface area is 182 Å². The van der Waals surface area contributed by atoms with E-state index in [0.29, 0.717) is 41.6 Å². The van der Waals surface area contributed by atoms with Crippen molar-refractivity contribution in [3.05, 3.63) is 60.4 Å². The van der Waals surface area contributed by atoms with Crippen LogP contribution in [0.3, 0.4) is 0 Å². The minimum atomic E-state index is -1.39. The van der Waals surface area contributed by atoms with Crippen molar-refractivity contribution >= 4 is 26.7 Å². The minimum Gasteiger partial charge on any atom is -0.351 e. The van der Waals surface area contributed by atoms with Crippen molar-refractivity contribution in [2.24, 2.45) is 0 Å². The number of alkyl halides is 1. The van der Waals surface area contributed by atoms with Crippen molar-refractivity contribution in [3.8, 4) is 11.3 Å². The van der Waals surface area contributed by atoms with Gasteiger partial charge in [-0.2, -0.15) is 0 Å². The molecular formula is C22H24FN6OP. The fourth-order valence-corrected chi connectivity index (χ4v) is 3.81. The smallest absolute Gasteiger partial charge is 0.258 e. The number of rotatable bonds is 5. The van der Waals surface area contributed by atoms with E-state index in [4.69, 9.17) is 0 Å². The van der Waals surface area contributed by atoms with Crippen LogP contribution in [0.25, 0.3) is 11.3 Å². The van der Waals surface area contributed by atoms with Crippen LogP contribution in [0.15, 0.2) is 49.1 Å². The predicted molar refractivity (Wildman–Crippen MR) is 122 cm³/mol. The van der Waals surface area contributed by atoms with Crippen molar-refractivity contribution in [2.75, 3.05) is 23.3 Å². The zero-order valence-electron chi connectivity index (χ0n) is 17.4. The van der Waals surface area contributed by atoms with Crippen molar-refractivity contribution < 1.29 is 9.18 Å². The molecule has 1 N–H and O–H groups in total. The molecule has 1 fully saturated rings. The van der Waals surface area contributed by atoms with Gasteiger partial charge < -0.3 is 10.2 Å². The number of nitrogens with zero attached hydrogens (tertiary/aromatic N) is 5. The summed E-state index contributed by atoms with van der Waals surface area (Å²) in [6, 6.07) is 9.51. The van der Waals surface area contributed by atoms with Gasteiger partial charge in [-0.15, -0.1) is 0 Å². The van der Waals surface area contributed by atoms with E-state index in [1.807, 2.05) is 49.1 Å². The van der Waals surface area contributed by atoms with Gasteiger partial charge in [0.15, 0.2) is 5.82 Å². The van der Waals surface area contributed by atoms with Gasteiger partial charge in [0, 0.05) is 36.8 Å². The lowest BCUT2D eigenvalue weighted by Crippen LogP contribution is -2.27. The molecule has 1 aromatic carbocycles. The second-order valence-electron chi connectivity index (χ2n) is 7.93. The summed E-state index contributed by atoms with van der Waals surface area (Å²) in [7, 11) is 2.26. The van der Waals surface area contributed by atoms with Gasteiger partial charge >= 0.3 is 0 Å². The molecule has 31 heavy (non-hydrogen) atoms. The van der Waals surface area contributed by atoms with Gasteiger partial charge in [-0.1, -0.05) is 53.4 Å². The SMILES string of the molecule is CC(C)c1ncc(C(=O)Nc2c(-c3ccccc3)ncnc2N2CCC(F)(P)C2)cn1. The first kappa shape index (κ1) is 21.2. The maximum Gasteiger partial charge on any atom is 0.258 e. The fourth-order valence-electron chi connectivity index (χ4n) is 3.46. The molecule has 0 aliphatic carbocycles. The number of aromatic nitrogens is 4. The Bertz CT molecular complexity index is 1080. The molecule has 3 heterocycles. The number of benzene rings is 1. The molecule has 9 heteroatoms. The van der Waals surface area contributed by atoms with Gasteiger partial charge in [0.2, 0.25) is 0 Å². The summed E-state index contributed by atoms with van der Waals surface area (Å²) >= 11 is 0. The first-order valence-corrected chi connectivity index (χ1v) is 10.7. The number of hydrogen-bond acceptors (Lipinski definition) is 6. The van der Waals surface area contributed by atoms with Crippen molar-refractivity contribution in [2.45, 2.75) is 31.6 Å². The highest BCUT2D eigenvalue weighted by molar-refractivity contribution is 7.18. The summed E-state index contributed by atoms with van der Waals surface area (Å²) < 4.78 is 14.5. The van der Waals surface area contributed by atoms with Crippen molar-refractivity contribution in [1.29, 1.82) is 0 Å². The zero-order valence-corrected chi connectivity index (χ0v) is 18.6. The number of amides is 1. The van der Waals surface area contributed by atoms with E-state index < -0.39 is 5.41 Å². The predicted octanol–water partition coefficient (Wildman–Crippen LogP) is 4.06. The third kappa shape index (κ3) is 4.69. The van der Waals surface area contributed by atoms with Gasteiger partial charge in [-0.3, -0.25) is 4.79 Å². The molecule has 160 valence electrons. The molecule has 4 rings (SSSR count). The Morgan fingerprint density at radius 1 is 1.16 bits per heavy atom. The normalized spacial score (nSPS) is 18.4. The van der Waals surface area contributed by atoms with Crippen molar-refractivity contribution in [1.82, 2.24) is 19.9 Å². The van der Waals surface area contributed by atoms with E-state index in [-0.39, 0.29) is 18.4 Å². The molecule has 0 spiro atoms. The second-order valence-corrected chi connectivity index (χ2v) is 8.97. The van der Waals surface area contributed by atoms with Gasteiger partial charge in [0.25, 0.3) is 5.91 Å². The van der Waals surface area contributed by atoms with Gasteiger partial charge in [-0.05, 0) is 0 Å². The Kier molecular flexibility index (Phi) is 5.92. The van der Waals surface area contributed by atoms with Crippen LogP contribution in [0.1, 0.15) is 42.4 Å². The average Bonchev–Trinajstić information content (AvgIpc) is 3.14. The van der Waals surface area contributed by atoms with E-state index >= 15 is 0 Å². The summed E-state index contributed by atoms with van der Waals surface area (Å²) in [5.41, 5.74) is 2.16. The van der Waals surface area contributed by atoms with E-state index in [9.17, 15) is 9.18 Å². The Hall–Kier alpha value is -2.99. The summed E-state index contributed by atoms with van der Waals surface area (Å²) in [5, 5.41) is 1.54. The van der Waals surface area contributed by atoms with Crippen LogP contribution in [0.5, 0.6) is 0 Å². The van der Waals surface area contributed by atoms with Crippen LogP contribution in [0, 0.1) is 0 Å². The molecule has 3 aromatic rings. The number of nitrogens with one attached hydrogen (secondary N) is 1. The summed E-state index contributed by atoms with van der Waals surface area (Å²) in [6.07, 6.45) is 4.82. The largest absolute Gasteiger partial charge is 0.351 e. The van der Waals surface area contributed by atoms with Crippen LogP contribution in [0.4, 0.5) is 15.9 Å². The molecular weight excluding hydrogens is 414 g/mol. The first-order chi connectivity index (χ1) is 14.8. The summed E-state index contributed by atoms with van der Waals surface area (Å²) in [6.45, 7) is 4.63. The summed E-state index contributed by atoms with van der Waals surface area (Å²) in [4.78, 5) is 32.2. The van der Waals surface area contributed by atoms with Gasteiger partial charge in [-0.25, -0.2) is 24.3 Å². The monoisotopic (exact) mass is 438 g/mol. The molecule has 7 nitrogen and oxygen atoms in total. The highest BCUT2D eigenvalue weighted by atomic mass is 31.0. The zero-order chi connectivity index (χ0) is 22.0. The average molecular weight is 438 g/mol. The molecule has 0 bridgehead atoms. The molecule has 2 unspecified atom stereocenters. The van der Waals surface area contributed by atoms with E-state index in [1.54, 1.807) is 0 Å². The van der Waals surface area contributed by atoms with Crippen molar-refractivity contribution in [3.63, 3.8) is 0 Å². The second kappa shape index (κ2) is 8.63. The number of carbonyl (C=O) groups excluding carboxylic acids is 1. The molecule has 1 aliphatic heterocycles. The molecule has 2 aromatic heterocycles. The van der Waals surface area contributed by atoms with Crippen LogP contribution >= 0.6 is 9.24 Å². The maximum atomic E-state index is 14.5. The molecule has 1 aliphatic rings. The molecule has 0 radical (unpaired) electrons. The minimum absolute atomic E-state index is 0.165. The lowest BCUT2D eigenvalue weighted by atomic mass is 10.1.